The van der Waals surface area contributed by atoms with Gasteiger partial charge in [-0.25, -0.2) is 17.6 Å². The zero-order valence-corrected chi connectivity index (χ0v) is 25.7. The third-order valence-electron chi connectivity index (χ3n) is 8.72. The fraction of sp³-hybridized carbons (Fsp3) is 0.594. The number of nitrogens with zero attached hydrogens (tertiary/aromatic N) is 3. The summed E-state index contributed by atoms with van der Waals surface area (Å²) in [5, 5.41) is 15.5. The third-order valence-corrected chi connectivity index (χ3v) is 8.72. The molecule has 0 saturated carbocycles. The van der Waals surface area contributed by atoms with Crippen LogP contribution in [-0.2, 0) is 4.79 Å². The van der Waals surface area contributed by atoms with Crippen molar-refractivity contribution in [1.29, 1.82) is 0 Å². The molecule has 1 saturated heterocycles. The molecule has 1 aromatic carbocycles. The molecule has 3 N–H and O–H groups in total. The SMILES string of the molecule is CC(CCNC(C)O)CN1CCN(C2=CC3=C([C@@H](C)Nc4ccc(F)cc4C(F)F)C=C(F)CC(C)C3C(=O)N2C)CC1. The molecule has 3 aliphatic rings. The van der Waals surface area contributed by atoms with Crippen LogP contribution in [0.2, 0.25) is 0 Å². The summed E-state index contributed by atoms with van der Waals surface area (Å²) in [4.78, 5) is 20.1. The molecule has 1 aliphatic carbocycles. The van der Waals surface area contributed by atoms with Crippen LogP contribution in [0.5, 0.6) is 0 Å². The summed E-state index contributed by atoms with van der Waals surface area (Å²) < 4.78 is 56.3. The fourth-order valence-electron chi connectivity index (χ4n) is 6.39. The molecule has 43 heavy (non-hydrogen) atoms. The average molecular weight is 608 g/mol. The number of fused-ring (bicyclic) bond motifs is 1. The second kappa shape index (κ2) is 14.3. The molecule has 7 nitrogen and oxygen atoms in total. The number of piperazine rings is 1. The molecule has 1 amide bonds. The Morgan fingerprint density at radius 1 is 1.07 bits per heavy atom. The fourth-order valence-corrected chi connectivity index (χ4v) is 6.39. The quantitative estimate of drug-likeness (QED) is 0.236. The van der Waals surface area contributed by atoms with E-state index < -0.39 is 36.0 Å². The van der Waals surface area contributed by atoms with Gasteiger partial charge in [-0.3, -0.25) is 15.0 Å². The first kappa shape index (κ1) is 33.0. The summed E-state index contributed by atoms with van der Waals surface area (Å²) in [7, 11) is 1.75. The average Bonchev–Trinajstić information content (AvgIpc) is 3.06. The van der Waals surface area contributed by atoms with Crippen molar-refractivity contribution in [3.05, 3.63) is 64.5 Å². The molecule has 1 aromatic rings. The second-order valence-corrected chi connectivity index (χ2v) is 12.3. The van der Waals surface area contributed by atoms with Gasteiger partial charge in [-0.05, 0) is 80.1 Å². The van der Waals surface area contributed by atoms with Crippen molar-refractivity contribution in [2.24, 2.45) is 17.8 Å². The van der Waals surface area contributed by atoms with E-state index in [1.807, 2.05) is 13.0 Å². The monoisotopic (exact) mass is 607 g/mol. The molecule has 0 radical (unpaired) electrons. The van der Waals surface area contributed by atoms with E-state index in [-0.39, 0.29) is 29.8 Å². The number of hydrogen-bond donors (Lipinski definition) is 3. The molecule has 1 fully saturated rings. The number of aliphatic hydroxyl groups is 1. The van der Waals surface area contributed by atoms with Gasteiger partial charge in [0.25, 0.3) is 6.43 Å². The number of nitrogens with one attached hydrogen (secondary N) is 2. The lowest BCUT2D eigenvalue weighted by Gasteiger charge is -2.44. The maximum absolute atomic E-state index is 15.1. The second-order valence-electron chi connectivity index (χ2n) is 12.3. The maximum atomic E-state index is 15.1. The van der Waals surface area contributed by atoms with Crippen LogP contribution in [0.15, 0.2) is 53.1 Å². The van der Waals surface area contributed by atoms with Crippen molar-refractivity contribution in [2.45, 2.75) is 59.2 Å². The summed E-state index contributed by atoms with van der Waals surface area (Å²) in [6, 6.07) is 2.54. The van der Waals surface area contributed by atoms with Crippen molar-refractivity contribution < 1.29 is 27.5 Å². The Morgan fingerprint density at radius 2 is 1.77 bits per heavy atom. The Labute approximate surface area is 252 Å². The van der Waals surface area contributed by atoms with E-state index in [0.717, 1.165) is 63.6 Å². The minimum absolute atomic E-state index is 0.0649. The Hall–Kier alpha value is -2.89. The number of benzene rings is 1. The minimum Gasteiger partial charge on any atom is -0.379 e. The minimum atomic E-state index is -2.89. The predicted octanol–water partition coefficient (Wildman–Crippen LogP) is 5.25. The lowest BCUT2D eigenvalue weighted by atomic mass is 9.80. The van der Waals surface area contributed by atoms with Gasteiger partial charge in [-0.1, -0.05) is 13.8 Å². The van der Waals surface area contributed by atoms with Crippen molar-refractivity contribution >= 4 is 11.6 Å². The smallest absolute Gasteiger partial charge is 0.265 e. The van der Waals surface area contributed by atoms with Crippen LogP contribution in [-0.4, -0.2) is 84.3 Å². The number of alkyl halides is 2. The number of allylic oxidation sites excluding steroid dienone is 2. The van der Waals surface area contributed by atoms with Gasteiger partial charge in [0.05, 0.1) is 5.92 Å². The molecule has 0 spiro atoms. The lowest BCUT2D eigenvalue weighted by molar-refractivity contribution is -0.134. The van der Waals surface area contributed by atoms with Crippen molar-refractivity contribution in [1.82, 2.24) is 20.0 Å². The number of halogens is 4. The van der Waals surface area contributed by atoms with Crippen molar-refractivity contribution in [3.8, 4) is 0 Å². The predicted molar refractivity (Wildman–Crippen MR) is 160 cm³/mol. The summed E-state index contributed by atoms with van der Waals surface area (Å²) in [5.41, 5.74) is 0.798. The lowest BCUT2D eigenvalue weighted by Crippen LogP contribution is -2.52. The Bertz CT molecular complexity index is 1240. The maximum Gasteiger partial charge on any atom is 0.265 e. The van der Waals surface area contributed by atoms with Gasteiger partial charge < -0.3 is 20.2 Å². The molecule has 5 atom stereocenters. The number of carbonyl (C=O) groups excluding carboxylic acids is 1. The summed E-state index contributed by atoms with van der Waals surface area (Å²) >= 11 is 0. The largest absolute Gasteiger partial charge is 0.379 e. The van der Waals surface area contributed by atoms with Crippen LogP contribution in [0.3, 0.4) is 0 Å². The van der Waals surface area contributed by atoms with Gasteiger partial charge in [-0.15, -0.1) is 0 Å². The van der Waals surface area contributed by atoms with E-state index in [0.29, 0.717) is 17.1 Å². The topological polar surface area (TPSA) is 71.1 Å². The molecule has 2 heterocycles. The number of anilines is 1. The van der Waals surface area contributed by atoms with Crippen LogP contribution < -0.4 is 10.6 Å². The number of aliphatic hydroxyl groups excluding tert-OH is 1. The van der Waals surface area contributed by atoms with E-state index in [2.05, 4.69) is 27.4 Å². The molecule has 238 valence electrons. The highest BCUT2D eigenvalue weighted by Gasteiger charge is 2.41. The zero-order valence-electron chi connectivity index (χ0n) is 25.7. The van der Waals surface area contributed by atoms with E-state index in [4.69, 9.17) is 0 Å². The number of amides is 1. The molecule has 4 unspecified atom stereocenters. The van der Waals surface area contributed by atoms with Crippen LogP contribution in [0.25, 0.3) is 0 Å². The molecule has 4 rings (SSSR count). The highest BCUT2D eigenvalue weighted by atomic mass is 19.3. The Balaban J connectivity index is 1.58. The van der Waals surface area contributed by atoms with Gasteiger partial charge in [-0.2, -0.15) is 0 Å². The van der Waals surface area contributed by atoms with Crippen molar-refractivity contribution in [2.75, 3.05) is 51.6 Å². The first-order chi connectivity index (χ1) is 20.3. The van der Waals surface area contributed by atoms with Gasteiger partial charge in [0.15, 0.2) is 0 Å². The van der Waals surface area contributed by atoms with E-state index in [9.17, 15) is 23.1 Å². The highest BCUT2D eigenvalue weighted by molar-refractivity contribution is 5.87. The van der Waals surface area contributed by atoms with Crippen molar-refractivity contribution in [3.63, 3.8) is 0 Å². The normalized spacial score (nSPS) is 23.9. The summed E-state index contributed by atoms with van der Waals surface area (Å²) in [5.74, 6) is -0.939. The van der Waals surface area contributed by atoms with Gasteiger partial charge in [0.2, 0.25) is 5.91 Å². The van der Waals surface area contributed by atoms with E-state index >= 15 is 4.39 Å². The van der Waals surface area contributed by atoms with Gasteiger partial charge in [0.1, 0.15) is 23.7 Å². The Kier molecular flexibility index (Phi) is 10.9. The van der Waals surface area contributed by atoms with Crippen LogP contribution in [0, 0.1) is 23.6 Å². The molecular weight excluding hydrogens is 562 g/mol. The molecule has 0 aromatic heterocycles. The number of carbonyl (C=O) groups is 1. The summed E-state index contributed by atoms with van der Waals surface area (Å²) in [6.07, 6.45) is 1.02. The number of rotatable bonds is 11. The summed E-state index contributed by atoms with van der Waals surface area (Å²) in [6.45, 7) is 12.3. The van der Waals surface area contributed by atoms with E-state index in [1.54, 1.807) is 25.8 Å². The molecule has 0 bridgehead atoms. The van der Waals surface area contributed by atoms with Crippen LogP contribution >= 0.6 is 0 Å². The first-order valence-electron chi connectivity index (χ1n) is 15.2. The standard InChI is InChI=1S/C32H45F4N5O2/c1-19(8-9-37-22(4)42)18-40-10-12-41(13-11-40)29-17-26-25(16-24(34)14-20(2)30(26)32(43)39(29)5)21(3)38-28-7-6-23(33)15-27(28)31(35)36/h6-7,15-17,19-22,30-31,37-38,42H,8-14,18H2,1-5H3/t19?,20?,21-,22?,30?/m1/s1. The number of hydrogen-bond acceptors (Lipinski definition) is 6. The molecule has 11 heteroatoms. The first-order valence-corrected chi connectivity index (χ1v) is 15.2. The molecular formula is C32H45F4N5O2. The highest BCUT2D eigenvalue weighted by Crippen LogP contribution is 2.41. The third kappa shape index (κ3) is 7.99. The van der Waals surface area contributed by atoms with Crippen LogP contribution in [0.4, 0.5) is 23.2 Å². The van der Waals surface area contributed by atoms with Gasteiger partial charge >= 0.3 is 0 Å². The zero-order chi connectivity index (χ0) is 31.4. The van der Waals surface area contributed by atoms with Gasteiger partial charge in [0, 0.05) is 63.5 Å². The molecule has 2 aliphatic heterocycles. The Morgan fingerprint density at radius 3 is 2.42 bits per heavy atom. The van der Waals surface area contributed by atoms with Crippen LogP contribution in [0.1, 0.15) is 52.5 Å². The van der Waals surface area contributed by atoms with E-state index in [1.165, 1.54) is 12.1 Å².